The van der Waals surface area contributed by atoms with Crippen LogP contribution < -0.4 is 5.56 Å². The zero-order chi connectivity index (χ0) is 10.3. The van der Waals surface area contributed by atoms with Gasteiger partial charge in [-0.15, -0.1) is 0 Å². The van der Waals surface area contributed by atoms with E-state index in [0.717, 1.165) is 0 Å². The van der Waals surface area contributed by atoms with Gasteiger partial charge in [-0.1, -0.05) is 23.2 Å². The van der Waals surface area contributed by atoms with Gasteiger partial charge in [-0.25, -0.2) is 4.98 Å². The molecule has 14 heavy (non-hydrogen) atoms. The lowest BCUT2D eigenvalue weighted by atomic mass is 10.4. The maximum Gasteiger partial charge on any atom is 0.288 e. The molecule has 2 rings (SSSR count). The number of rotatable bonds is 2. The summed E-state index contributed by atoms with van der Waals surface area (Å²) in [6.07, 6.45) is 2.37. The summed E-state index contributed by atoms with van der Waals surface area (Å²) in [5.74, 6) is 0.612. The van der Waals surface area contributed by atoms with Crippen molar-refractivity contribution in [3.63, 3.8) is 0 Å². The number of aromatic nitrogens is 2. The van der Waals surface area contributed by atoms with Gasteiger partial charge in [0.15, 0.2) is 5.15 Å². The highest BCUT2D eigenvalue weighted by Crippen LogP contribution is 2.30. The Labute approximate surface area is 91.7 Å². The lowest BCUT2D eigenvalue weighted by Crippen LogP contribution is -2.25. The molecule has 0 aromatic carbocycles. The molecule has 1 saturated carbocycles. The third-order valence-corrected chi connectivity index (χ3v) is 3.06. The summed E-state index contributed by atoms with van der Waals surface area (Å²) in [5, 5.41) is 0.275. The third-order valence-electron chi connectivity index (χ3n) is 2.46. The van der Waals surface area contributed by atoms with Crippen LogP contribution in [0, 0.1) is 12.8 Å². The van der Waals surface area contributed by atoms with Crippen molar-refractivity contribution in [2.45, 2.75) is 26.3 Å². The molecule has 0 N–H and O–H groups in total. The molecule has 1 aromatic heterocycles. The first-order valence-corrected chi connectivity index (χ1v) is 5.27. The van der Waals surface area contributed by atoms with E-state index in [1.807, 2.05) is 0 Å². The van der Waals surface area contributed by atoms with E-state index in [1.165, 1.54) is 12.8 Å². The van der Waals surface area contributed by atoms with Crippen LogP contribution in [0.2, 0.25) is 10.3 Å². The van der Waals surface area contributed by atoms with Gasteiger partial charge in [-0.3, -0.25) is 4.79 Å². The molecular weight excluding hydrogens is 223 g/mol. The standard InChI is InChI=1S/C9H10Cl2N2O/c1-5-7(10)12-8(11)9(14)13(5)4-6-2-3-6/h6H,2-4H2,1H3. The zero-order valence-corrected chi connectivity index (χ0v) is 9.27. The van der Waals surface area contributed by atoms with Crippen LogP contribution in [-0.4, -0.2) is 9.55 Å². The fourth-order valence-corrected chi connectivity index (χ4v) is 1.78. The Bertz CT molecular complexity index is 424. The number of halogens is 2. The minimum atomic E-state index is -0.236. The number of hydrogen-bond donors (Lipinski definition) is 0. The first-order valence-electron chi connectivity index (χ1n) is 4.52. The lowest BCUT2D eigenvalue weighted by molar-refractivity contribution is 0.587. The van der Waals surface area contributed by atoms with Crippen molar-refractivity contribution < 1.29 is 0 Å². The smallest absolute Gasteiger partial charge is 0.288 e. The van der Waals surface area contributed by atoms with Crippen molar-refractivity contribution in [3.8, 4) is 0 Å². The summed E-state index contributed by atoms with van der Waals surface area (Å²) in [5.41, 5.74) is 0.466. The van der Waals surface area contributed by atoms with E-state index in [-0.39, 0.29) is 10.7 Å². The Kier molecular flexibility index (Phi) is 2.54. The van der Waals surface area contributed by atoms with Crippen LogP contribution in [0.15, 0.2) is 4.79 Å². The summed E-state index contributed by atoms with van der Waals surface area (Å²) < 4.78 is 1.62. The predicted molar refractivity (Wildman–Crippen MR) is 56.0 cm³/mol. The third kappa shape index (κ3) is 1.79. The molecule has 0 amide bonds. The Balaban J connectivity index is 2.48. The number of hydrogen-bond acceptors (Lipinski definition) is 2. The van der Waals surface area contributed by atoms with Crippen LogP contribution >= 0.6 is 23.2 Å². The van der Waals surface area contributed by atoms with Gasteiger partial charge in [0.25, 0.3) is 5.56 Å². The summed E-state index contributed by atoms with van der Waals surface area (Å²) in [7, 11) is 0. The Hall–Kier alpha value is -0.540. The van der Waals surface area contributed by atoms with Crippen LogP contribution in [-0.2, 0) is 6.54 Å². The van der Waals surface area contributed by atoms with E-state index in [1.54, 1.807) is 11.5 Å². The summed E-state index contributed by atoms with van der Waals surface area (Å²) in [4.78, 5) is 15.4. The molecule has 1 fully saturated rings. The van der Waals surface area contributed by atoms with Crippen LogP contribution in [0.5, 0.6) is 0 Å². The highest BCUT2D eigenvalue weighted by atomic mass is 35.5. The van der Waals surface area contributed by atoms with Crippen LogP contribution in [0.25, 0.3) is 0 Å². The number of nitrogens with zero attached hydrogens (tertiary/aromatic N) is 2. The first-order chi connectivity index (χ1) is 6.59. The highest BCUT2D eigenvalue weighted by Gasteiger charge is 2.24. The van der Waals surface area contributed by atoms with Gasteiger partial charge in [0.05, 0.1) is 5.69 Å². The van der Waals surface area contributed by atoms with Gasteiger partial charge in [-0.2, -0.15) is 0 Å². The monoisotopic (exact) mass is 232 g/mol. The second-order valence-corrected chi connectivity index (χ2v) is 4.35. The van der Waals surface area contributed by atoms with E-state index >= 15 is 0 Å². The molecule has 0 atom stereocenters. The average Bonchev–Trinajstić information content (AvgIpc) is 2.93. The Morgan fingerprint density at radius 3 is 2.64 bits per heavy atom. The topological polar surface area (TPSA) is 34.9 Å². The molecule has 0 spiro atoms. The molecule has 0 unspecified atom stereocenters. The molecule has 5 heteroatoms. The second kappa shape index (κ2) is 3.55. The highest BCUT2D eigenvalue weighted by molar-refractivity contribution is 6.32. The largest absolute Gasteiger partial charge is 0.307 e. The van der Waals surface area contributed by atoms with Gasteiger partial charge < -0.3 is 4.57 Å². The molecular formula is C9H10Cl2N2O. The molecule has 0 radical (unpaired) electrons. The molecule has 1 heterocycles. The van der Waals surface area contributed by atoms with Crippen molar-refractivity contribution in [2.75, 3.05) is 0 Å². The maximum atomic E-state index is 11.6. The zero-order valence-electron chi connectivity index (χ0n) is 7.76. The summed E-state index contributed by atoms with van der Waals surface area (Å²) in [6, 6.07) is 0. The molecule has 1 aliphatic rings. The Morgan fingerprint density at radius 1 is 1.43 bits per heavy atom. The molecule has 76 valence electrons. The molecule has 3 nitrogen and oxygen atoms in total. The van der Waals surface area contributed by atoms with E-state index < -0.39 is 0 Å². The van der Waals surface area contributed by atoms with Crippen LogP contribution in [0.1, 0.15) is 18.5 Å². The van der Waals surface area contributed by atoms with Gasteiger partial charge in [0.1, 0.15) is 5.15 Å². The summed E-state index contributed by atoms with van der Waals surface area (Å²) in [6.45, 7) is 2.50. The van der Waals surface area contributed by atoms with Crippen molar-refractivity contribution >= 4 is 23.2 Å². The van der Waals surface area contributed by atoms with Gasteiger partial charge in [0, 0.05) is 6.54 Å². The quantitative estimate of drug-likeness (QED) is 0.785. The second-order valence-electron chi connectivity index (χ2n) is 3.64. The lowest BCUT2D eigenvalue weighted by Gasteiger charge is -2.09. The SMILES string of the molecule is Cc1c(Cl)nc(Cl)c(=O)n1CC1CC1. The fourth-order valence-electron chi connectivity index (χ4n) is 1.37. The Morgan fingerprint density at radius 2 is 2.07 bits per heavy atom. The minimum Gasteiger partial charge on any atom is -0.307 e. The van der Waals surface area contributed by atoms with Crippen molar-refractivity contribution in [1.82, 2.24) is 9.55 Å². The van der Waals surface area contributed by atoms with E-state index in [4.69, 9.17) is 23.2 Å². The average molecular weight is 233 g/mol. The van der Waals surface area contributed by atoms with Crippen LogP contribution in [0.4, 0.5) is 0 Å². The van der Waals surface area contributed by atoms with Gasteiger partial charge in [0.2, 0.25) is 0 Å². The fraction of sp³-hybridized carbons (Fsp3) is 0.556. The van der Waals surface area contributed by atoms with Gasteiger partial charge in [-0.05, 0) is 25.7 Å². The van der Waals surface area contributed by atoms with E-state index in [0.29, 0.717) is 23.3 Å². The molecule has 1 aliphatic carbocycles. The first kappa shape index (κ1) is 9.99. The molecule has 1 aromatic rings. The van der Waals surface area contributed by atoms with E-state index in [9.17, 15) is 4.79 Å². The maximum absolute atomic E-state index is 11.6. The molecule has 0 bridgehead atoms. The van der Waals surface area contributed by atoms with Crippen molar-refractivity contribution in [1.29, 1.82) is 0 Å². The molecule has 0 aliphatic heterocycles. The minimum absolute atomic E-state index is 0.0405. The van der Waals surface area contributed by atoms with E-state index in [2.05, 4.69) is 4.98 Å². The normalized spacial score (nSPS) is 15.9. The predicted octanol–water partition coefficient (Wildman–Crippen LogP) is 2.27. The van der Waals surface area contributed by atoms with Gasteiger partial charge >= 0.3 is 0 Å². The summed E-state index contributed by atoms with van der Waals surface area (Å²) >= 11 is 11.5. The van der Waals surface area contributed by atoms with Crippen LogP contribution in [0.3, 0.4) is 0 Å². The van der Waals surface area contributed by atoms with Crippen molar-refractivity contribution in [3.05, 3.63) is 26.4 Å². The van der Waals surface area contributed by atoms with Crippen molar-refractivity contribution in [2.24, 2.45) is 5.92 Å². The molecule has 0 saturated heterocycles.